The summed E-state index contributed by atoms with van der Waals surface area (Å²) in [5.41, 5.74) is 21.3. The largest absolute Gasteiger partial charge is 0.310 e. The molecule has 0 amide bonds. The lowest BCUT2D eigenvalue weighted by Gasteiger charge is -2.37. The zero-order chi connectivity index (χ0) is 35.3. The minimum atomic E-state index is -0.485. The minimum Gasteiger partial charge on any atom is -0.310 e. The molecule has 0 saturated heterocycles. The van der Waals surface area contributed by atoms with Crippen LogP contribution in [0.15, 0.2) is 188 Å². The zero-order valence-corrected chi connectivity index (χ0v) is 29.8. The second kappa shape index (κ2) is 11.0. The summed E-state index contributed by atoms with van der Waals surface area (Å²) in [7, 11) is 0. The highest BCUT2D eigenvalue weighted by Crippen LogP contribution is 2.66. The smallest absolute Gasteiger partial charge is 0.0746 e. The van der Waals surface area contributed by atoms with Crippen LogP contribution >= 0.6 is 0 Å². The van der Waals surface area contributed by atoms with Gasteiger partial charge in [0.25, 0.3) is 0 Å². The van der Waals surface area contributed by atoms with Crippen LogP contribution in [-0.2, 0) is 10.8 Å². The molecule has 11 rings (SSSR count). The third kappa shape index (κ3) is 3.97. The van der Waals surface area contributed by atoms with E-state index < -0.39 is 5.41 Å². The fourth-order valence-electron chi connectivity index (χ4n) is 10.2. The first-order valence-electron chi connectivity index (χ1n) is 18.7. The molecule has 0 fully saturated rings. The molecule has 1 heteroatoms. The summed E-state index contributed by atoms with van der Waals surface area (Å²) >= 11 is 0. The monoisotopic (exact) mass is 675 g/mol. The summed E-state index contributed by atoms with van der Waals surface area (Å²) in [6, 6.07) is 70.2. The Morgan fingerprint density at radius 1 is 0.340 bits per heavy atom. The van der Waals surface area contributed by atoms with Gasteiger partial charge in [-0.2, -0.15) is 0 Å². The van der Waals surface area contributed by atoms with Gasteiger partial charge < -0.3 is 4.90 Å². The molecule has 0 bridgehead atoms. The van der Waals surface area contributed by atoms with Crippen molar-refractivity contribution in [3.63, 3.8) is 0 Å². The number of anilines is 3. The first-order valence-corrected chi connectivity index (χ1v) is 18.7. The van der Waals surface area contributed by atoms with Gasteiger partial charge in [0.1, 0.15) is 0 Å². The van der Waals surface area contributed by atoms with Crippen LogP contribution in [0.5, 0.6) is 0 Å². The lowest BCUT2D eigenvalue weighted by atomic mass is 9.70. The maximum Gasteiger partial charge on any atom is 0.0746 e. The maximum atomic E-state index is 2.59. The summed E-state index contributed by atoms with van der Waals surface area (Å²) in [4.78, 5) is 2.59. The highest BCUT2D eigenvalue weighted by molar-refractivity contribution is 6.01. The molecule has 0 saturated carbocycles. The summed E-state index contributed by atoms with van der Waals surface area (Å²) < 4.78 is 0. The Bertz CT molecular complexity index is 2710. The van der Waals surface area contributed by atoms with Crippen LogP contribution in [0.2, 0.25) is 0 Å². The Labute approximate surface area is 311 Å². The third-order valence-electron chi connectivity index (χ3n) is 12.2. The van der Waals surface area contributed by atoms with Crippen LogP contribution in [0, 0.1) is 0 Å². The van der Waals surface area contributed by atoms with E-state index in [-0.39, 0.29) is 5.41 Å². The van der Waals surface area contributed by atoms with Crippen LogP contribution in [0.1, 0.15) is 47.2 Å². The second-order valence-corrected chi connectivity index (χ2v) is 15.2. The maximum absolute atomic E-state index is 2.59. The van der Waals surface area contributed by atoms with Gasteiger partial charge in [0.2, 0.25) is 0 Å². The Morgan fingerprint density at radius 2 is 0.755 bits per heavy atom. The van der Waals surface area contributed by atoms with Gasteiger partial charge in [-0.05, 0) is 96.6 Å². The summed E-state index contributed by atoms with van der Waals surface area (Å²) in [6.45, 7) is 4.80. The zero-order valence-electron chi connectivity index (χ0n) is 29.8. The van der Waals surface area contributed by atoms with Crippen LogP contribution in [0.4, 0.5) is 17.1 Å². The van der Waals surface area contributed by atoms with Crippen molar-refractivity contribution >= 4 is 17.1 Å². The third-order valence-corrected chi connectivity index (χ3v) is 12.2. The van der Waals surface area contributed by atoms with E-state index in [4.69, 9.17) is 0 Å². The van der Waals surface area contributed by atoms with E-state index in [1.807, 2.05) is 0 Å². The Balaban J connectivity index is 1.27. The molecule has 53 heavy (non-hydrogen) atoms. The van der Waals surface area contributed by atoms with E-state index in [2.05, 4.69) is 207 Å². The van der Waals surface area contributed by atoms with Crippen molar-refractivity contribution in [3.8, 4) is 44.5 Å². The van der Waals surface area contributed by atoms with E-state index >= 15 is 0 Å². The number of nitrogens with zero attached hydrogens (tertiary/aromatic N) is 1. The van der Waals surface area contributed by atoms with Crippen molar-refractivity contribution in [1.82, 2.24) is 0 Å². The van der Waals surface area contributed by atoms with Crippen molar-refractivity contribution in [3.05, 3.63) is 221 Å². The average molecular weight is 676 g/mol. The van der Waals surface area contributed by atoms with Crippen molar-refractivity contribution in [2.75, 3.05) is 4.90 Å². The number of rotatable bonds is 4. The van der Waals surface area contributed by atoms with Gasteiger partial charge in [0.05, 0.1) is 16.8 Å². The molecule has 0 N–H and O–H groups in total. The van der Waals surface area contributed by atoms with Crippen molar-refractivity contribution in [2.24, 2.45) is 0 Å². The minimum absolute atomic E-state index is 0.205. The Kier molecular flexibility index (Phi) is 6.29. The van der Waals surface area contributed by atoms with E-state index in [1.54, 1.807) is 0 Å². The van der Waals surface area contributed by atoms with E-state index in [0.29, 0.717) is 0 Å². The predicted molar refractivity (Wildman–Crippen MR) is 220 cm³/mol. The first kappa shape index (κ1) is 30.2. The molecule has 0 atom stereocenters. The molecular weight excluding hydrogens is 639 g/mol. The second-order valence-electron chi connectivity index (χ2n) is 15.2. The normalized spacial score (nSPS) is 14.5. The Hall–Kier alpha value is -6.44. The lowest BCUT2D eigenvalue weighted by Crippen LogP contribution is -2.29. The molecule has 8 aromatic carbocycles. The average Bonchev–Trinajstić information content (AvgIpc) is 3.78. The molecular formula is C52H37N. The molecule has 0 radical (unpaired) electrons. The molecule has 8 aromatic rings. The lowest BCUT2D eigenvalue weighted by molar-refractivity contribution is 0.660. The number of hydrogen-bond donors (Lipinski definition) is 0. The van der Waals surface area contributed by atoms with Gasteiger partial charge in [-0.25, -0.2) is 0 Å². The van der Waals surface area contributed by atoms with Crippen LogP contribution in [0.3, 0.4) is 0 Å². The van der Waals surface area contributed by atoms with Gasteiger partial charge in [0, 0.05) is 16.7 Å². The van der Waals surface area contributed by atoms with Gasteiger partial charge in [-0.15, -0.1) is 0 Å². The SMILES string of the molecule is CC1(C)c2ccccc2-c2cccc(N(c3cccc(-c4ccccc4)c3)c3cccc4c3C3(c5ccccc5-c5ccccc53)c3ccccc3-4)c21. The summed E-state index contributed by atoms with van der Waals surface area (Å²) in [5.74, 6) is 0. The van der Waals surface area contributed by atoms with E-state index in [1.165, 1.54) is 89.3 Å². The highest BCUT2D eigenvalue weighted by Gasteiger charge is 2.53. The van der Waals surface area contributed by atoms with Crippen molar-refractivity contribution in [2.45, 2.75) is 24.7 Å². The molecule has 1 nitrogen and oxygen atoms in total. The number of hydrogen-bond acceptors (Lipinski definition) is 1. The predicted octanol–water partition coefficient (Wildman–Crippen LogP) is 13.5. The summed E-state index contributed by atoms with van der Waals surface area (Å²) in [5, 5.41) is 0. The Morgan fingerprint density at radius 3 is 1.36 bits per heavy atom. The van der Waals surface area contributed by atoms with Crippen molar-refractivity contribution < 1.29 is 0 Å². The molecule has 250 valence electrons. The molecule has 0 unspecified atom stereocenters. The van der Waals surface area contributed by atoms with Crippen LogP contribution < -0.4 is 4.90 Å². The molecule has 3 aliphatic rings. The van der Waals surface area contributed by atoms with Crippen LogP contribution in [0.25, 0.3) is 44.5 Å². The van der Waals surface area contributed by atoms with Gasteiger partial charge >= 0.3 is 0 Å². The standard InChI is InChI=1S/C52H37N/c1-51(2)43-27-10-6-23-39(43)41-25-15-31-47(49(41)51)53(36-20-14-19-35(33-36)34-17-4-3-5-18-34)48-32-16-26-42-40-24-9-13-30-46(40)52(50(42)48)44-28-11-7-21-37(44)38-22-8-12-29-45(38)52/h3-33H,1-2H3. The molecule has 0 aromatic heterocycles. The first-order chi connectivity index (χ1) is 26.1. The topological polar surface area (TPSA) is 3.24 Å². The molecule has 3 aliphatic carbocycles. The molecule has 1 spiro atoms. The fraction of sp³-hybridized carbons (Fsp3) is 0.0769. The quantitative estimate of drug-likeness (QED) is 0.179. The molecule has 0 aliphatic heterocycles. The van der Waals surface area contributed by atoms with Gasteiger partial charge in [0.15, 0.2) is 0 Å². The van der Waals surface area contributed by atoms with Gasteiger partial charge in [-0.1, -0.05) is 178 Å². The fourth-order valence-corrected chi connectivity index (χ4v) is 10.2. The number of fused-ring (bicyclic) bond motifs is 13. The molecule has 0 heterocycles. The van der Waals surface area contributed by atoms with E-state index in [9.17, 15) is 0 Å². The number of benzene rings is 8. The summed E-state index contributed by atoms with van der Waals surface area (Å²) in [6.07, 6.45) is 0. The van der Waals surface area contributed by atoms with Gasteiger partial charge in [-0.3, -0.25) is 0 Å². The van der Waals surface area contributed by atoms with Crippen molar-refractivity contribution in [1.29, 1.82) is 0 Å². The van der Waals surface area contributed by atoms with Crippen LogP contribution in [-0.4, -0.2) is 0 Å². The van der Waals surface area contributed by atoms with E-state index in [0.717, 1.165) is 5.69 Å². The highest BCUT2D eigenvalue weighted by atomic mass is 15.2.